The molecule has 1 amide bonds. The number of aryl methyl sites for hydroxylation is 1. The van der Waals surface area contributed by atoms with Gasteiger partial charge in [-0.05, 0) is 6.07 Å². The fourth-order valence-electron chi connectivity index (χ4n) is 3.59. The van der Waals surface area contributed by atoms with Crippen LogP contribution in [0.1, 0.15) is 29.5 Å². The molecule has 152 valence electrons. The number of amides is 1. The first-order valence-electron chi connectivity index (χ1n) is 9.67. The second-order valence-corrected chi connectivity index (χ2v) is 7.10. The zero-order valence-corrected chi connectivity index (χ0v) is 16.1. The van der Waals surface area contributed by atoms with Gasteiger partial charge in [-0.25, -0.2) is 0 Å². The minimum absolute atomic E-state index is 0.128. The van der Waals surface area contributed by atoms with Crippen LogP contribution in [-0.2, 0) is 46.8 Å². The fourth-order valence-corrected chi connectivity index (χ4v) is 3.59. The molecule has 2 aromatic heterocycles. The Hall–Kier alpha value is -2.30. The molecule has 1 saturated heterocycles. The van der Waals surface area contributed by atoms with Crippen LogP contribution in [0.15, 0.2) is 10.6 Å². The van der Waals surface area contributed by atoms with Crippen LogP contribution in [0.3, 0.4) is 0 Å². The molecule has 10 nitrogen and oxygen atoms in total. The van der Waals surface area contributed by atoms with E-state index in [1.807, 2.05) is 9.58 Å². The molecule has 0 aromatic carbocycles. The maximum Gasteiger partial charge on any atom is 0.229 e. The number of methoxy groups -OCH3 is 1. The van der Waals surface area contributed by atoms with Gasteiger partial charge in [0.15, 0.2) is 5.82 Å². The number of carbonyl (C=O) groups excluding carboxylic acids is 1. The van der Waals surface area contributed by atoms with Crippen molar-refractivity contribution in [3.8, 4) is 0 Å². The Labute approximate surface area is 163 Å². The van der Waals surface area contributed by atoms with E-state index in [2.05, 4.69) is 26.6 Å². The van der Waals surface area contributed by atoms with Crippen molar-refractivity contribution in [2.75, 3.05) is 33.4 Å². The van der Waals surface area contributed by atoms with Crippen molar-refractivity contribution < 1.29 is 18.8 Å². The number of aromatic nitrogens is 4. The zero-order valence-electron chi connectivity index (χ0n) is 16.1. The molecule has 1 N–H and O–H groups in total. The summed E-state index contributed by atoms with van der Waals surface area (Å²) in [6.07, 6.45) is 1.46. The number of ether oxygens (including phenoxy) is 2. The van der Waals surface area contributed by atoms with Gasteiger partial charge in [-0.15, -0.1) is 0 Å². The number of fused-ring (bicyclic) bond motifs is 1. The van der Waals surface area contributed by atoms with Crippen molar-refractivity contribution in [3.05, 3.63) is 29.2 Å². The van der Waals surface area contributed by atoms with E-state index in [-0.39, 0.29) is 12.0 Å². The van der Waals surface area contributed by atoms with E-state index < -0.39 is 0 Å². The van der Waals surface area contributed by atoms with Gasteiger partial charge in [0.1, 0.15) is 6.61 Å². The Morgan fingerprint density at radius 3 is 3.21 bits per heavy atom. The maximum atomic E-state index is 12.7. The lowest BCUT2D eigenvalue weighted by Gasteiger charge is -2.32. The highest BCUT2D eigenvalue weighted by Gasteiger charge is 2.26. The Morgan fingerprint density at radius 1 is 1.43 bits per heavy atom. The number of rotatable bonds is 7. The van der Waals surface area contributed by atoms with E-state index >= 15 is 0 Å². The minimum Gasteiger partial charge on any atom is -0.377 e. The molecular weight excluding hydrogens is 364 g/mol. The van der Waals surface area contributed by atoms with Gasteiger partial charge in [0.2, 0.25) is 11.8 Å². The van der Waals surface area contributed by atoms with E-state index in [9.17, 15) is 4.79 Å². The van der Waals surface area contributed by atoms with Crippen LogP contribution in [-0.4, -0.2) is 70.2 Å². The second kappa shape index (κ2) is 8.80. The van der Waals surface area contributed by atoms with Crippen molar-refractivity contribution in [3.63, 3.8) is 0 Å². The molecule has 0 bridgehead atoms. The Morgan fingerprint density at radius 2 is 2.36 bits per heavy atom. The molecule has 0 aliphatic carbocycles. The van der Waals surface area contributed by atoms with Crippen molar-refractivity contribution >= 4 is 5.91 Å². The van der Waals surface area contributed by atoms with Crippen molar-refractivity contribution in [2.45, 2.75) is 45.1 Å². The summed E-state index contributed by atoms with van der Waals surface area (Å²) >= 11 is 0. The van der Waals surface area contributed by atoms with Gasteiger partial charge < -0.3 is 24.2 Å². The van der Waals surface area contributed by atoms with Gasteiger partial charge >= 0.3 is 0 Å². The first-order chi connectivity index (χ1) is 13.7. The molecule has 1 atom stereocenters. The number of morpholine rings is 1. The minimum atomic E-state index is -0.139. The fraction of sp³-hybridized carbons (Fsp3) is 0.667. The smallest absolute Gasteiger partial charge is 0.229 e. The summed E-state index contributed by atoms with van der Waals surface area (Å²) in [5.74, 6) is 1.14. The van der Waals surface area contributed by atoms with Crippen molar-refractivity contribution in [1.82, 2.24) is 30.1 Å². The molecule has 4 rings (SSSR count). The number of nitrogens with zero attached hydrogens (tertiary/aromatic N) is 5. The average Bonchev–Trinajstić information content (AvgIpc) is 3.33. The lowest BCUT2D eigenvalue weighted by atomic mass is 10.1. The number of hydrogen-bond acceptors (Lipinski definition) is 8. The van der Waals surface area contributed by atoms with E-state index in [1.165, 1.54) is 5.69 Å². The van der Waals surface area contributed by atoms with Gasteiger partial charge in [-0.3, -0.25) is 9.48 Å². The molecule has 0 saturated carbocycles. The number of hydrogen-bond donors (Lipinski definition) is 1. The summed E-state index contributed by atoms with van der Waals surface area (Å²) < 4.78 is 18.0. The normalized spacial score (nSPS) is 19.6. The third-order valence-corrected chi connectivity index (χ3v) is 4.99. The van der Waals surface area contributed by atoms with E-state index in [4.69, 9.17) is 14.0 Å². The van der Waals surface area contributed by atoms with Crippen LogP contribution in [0.4, 0.5) is 0 Å². The number of nitrogens with one attached hydrogen (secondary N) is 1. The van der Waals surface area contributed by atoms with Crippen LogP contribution in [0.5, 0.6) is 0 Å². The quantitative estimate of drug-likeness (QED) is 0.699. The highest BCUT2D eigenvalue weighted by molar-refractivity contribution is 5.76. The first-order valence-corrected chi connectivity index (χ1v) is 9.67. The molecule has 0 radical (unpaired) electrons. The van der Waals surface area contributed by atoms with Crippen LogP contribution >= 0.6 is 0 Å². The summed E-state index contributed by atoms with van der Waals surface area (Å²) in [5.41, 5.74) is 2.17. The van der Waals surface area contributed by atoms with Crippen LogP contribution < -0.4 is 5.32 Å². The molecule has 4 heterocycles. The molecule has 10 heteroatoms. The van der Waals surface area contributed by atoms with E-state index in [0.717, 1.165) is 25.3 Å². The zero-order chi connectivity index (χ0) is 19.3. The van der Waals surface area contributed by atoms with Crippen molar-refractivity contribution in [2.24, 2.45) is 0 Å². The summed E-state index contributed by atoms with van der Waals surface area (Å²) in [4.78, 5) is 18.8. The SMILES string of the molecule is COCc1noc(C[C@@H]2CN(C(=O)CCc3cc4n(n3)CCNC4)CCO2)n1. The van der Waals surface area contributed by atoms with Crippen LogP contribution in [0, 0.1) is 0 Å². The highest BCUT2D eigenvalue weighted by Crippen LogP contribution is 2.14. The van der Waals surface area contributed by atoms with Gasteiger partial charge in [0.25, 0.3) is 0 Å². The summed E-state index contributed by atoms with van der Waals surface area (Å²) in [7, 11) is 1.58. The summed E-state index contributed by atoms with van der Waals surface area (Å²) in [6, 6.07) is 2.09. The largest absolute Gasteiger partial charge is 0.377 e. The average molecular weight is 390 g/mol. The van der Waals surface area contributed by atoms with E-state index in [1.54, 1.807) is 7.11 Å². The third-order valence-electron chi connectivity index (χ3n) is 4.99. The number of carbonyl (C=O) groups is 1. The first kappa shape index (κ1) is 19.0. The maximum absolute atomic E-state index is 12.7. The van der Waals surface area contributed by atoms with Gasteiger partial charge in [-0.2, -0.15) is 10.1 Å². The highest BCUT2D eigenvalue weighted by atomic mass is 16.5. The van der Waals surface area contributed by atoms with E-state index in [0.29, 0.717) is 57.3 Å². The summed E-state index contributed by atoms with van der Waals surface area (Å²) in [5, 5.41) is 11.8. The van der Waals surface area contributed by atoms with Crippen molar-refractivity contribution in [1.29, 1.82) is 0 Å². The topological polar surface area (TPSA) is 108 Å². The molecule has 2 aromatic rings. The van der Waals surface area contributed by atoms with Gasteiger partial charge in [0, 0.05) is 46.1 Å². The lowest BCUT2D eigenvalue weighted by molar-refractivity contribution is -0.138. The molecule has 0 spiro atoms. The third kappa shape index (κ3) is 4.57. The summed E-state index contributed by atoms with van der Waals surface area (Å²) in [6.45, 7) is 4.63. The Bertz CT molecular complexity index is 780. The predicted octanol–water partition coefficient (Wildman–Crippen LogP) is -0.0816. The molecule has 2 aliphatic heterocycles. The Balaban J connectivity index is 1.27. The molecule has 28 heavy (non-hydrogen) atoms. The van der Waals surface area contributed by atoms with Gasteiger partial charge in [0.05, 0.1) is 37.1 Å². The molecule has 1 fully saturated rings. The van der Waals surface area contributed by atoms with Crippen LogP contribution in [0.25, 0.3) is 0 Å². The monoisotopic (exact) mass is 390 g/mol. The van der Waals surface area contributed by atoms with Gasteiger partial charge in [-0.1, -0.05) is 5.16 Å². The predicted molar refractivity (Wildman–Crippen MR) is 97.3 cm³/mol. The van der Waals surface area contributed by atoms with Crippen LogP contribution in [0.2, 0.25) is 0 Å². The Kier molecular flexibility index (Phi) is 5.98. The molecular formula is C18H26N6O4. The molecule has 0 unspecified atom stereocenters. The molecule has 2 aliphatic rings. The standard InChI is InChI=1S/C18H26N6O4/c1-26-12-16-20-17(28-22-16)9-15-11-23(6-7-27-15)18(25)3-2-13-8-14-10-19-4-5-24(14)21-13/h8,15,19H,2-7,9-12H2,1H3/t15-/m1/s1. The lowest BCUT2D eigenvalue weighted by Crippen LogP contribution is -2.46. The second-order valence-electron chi connectivity index (χ2n) is 7.10.